The predicted octanol–water partition coefficient (Wildman–Crippen LogP) is 4.48. The van der Waals surface area contributed by atoms with E-state index in [-0.39, 0.29) is 18.3 Å². The fraction of sp³-hybridized carbons (Fsp3) is 0.333. The minimum atomic E-state index is -0.297. The summed E-state index contributed by atoms with van der Waals surface area (Å²) in [6.07, 6.45) is 2.09. The molecule has 0 spiro atoms. The minimum absolute atomic E-state index is 0.291. The fourth-order valence-corrected chi connectivity index (χ4v) is 2.55. The van der Waals surface area contributed by atoms with Gasteiger partial charge in [0, 0.05) is 0 Å². The molecule has 0 bridgehead atoms. The molecule has 2 aromatic rings. The van der Waals surface area contributed by atoms with Crippen molar-refractivity contribution >= 4 is 24.0 Å². The summed E-state index contributed by atoms with van der Waals surface area (Å²) in [4.78, 5) is 0. The third kappa shape index (κ3) is 2.64. The van der Waals surface area contributed by atoms with Crippen LogP contribution in [0.4, 0.5) is 0 Å². The maximum atomic E-state index is 5.99. The van der Waals surface area contributed by atoms with Crippen LogP contribution < -0.4 is 0 Å². The number of hydrogen-bond donors (Lipinski definition) is 0. The average molecular weight is 280 g/mol. The summed E-state index contributed by atoms with van der Waals surface area (Å²) in [7, 11) is -0.297. The molecule has 21 heavy (non-hydrogen) atoms. The second kappa shape index (κ2) is 5.01. The summed E-state index contributed by atoms with van der Waals surface area (Å²) in [6.45, 7) is 8.27. The normalized spacial score (nSPS) is 20.5. The first-order valence-electron chi connectivity index (χ1n) is 7.41. The number of hydrogen-bond acceptors (Lipinski definition) is 2. The van der Waals surface area contributed by atoms with E-state index < -0.39 is 0 Å². The third-order valence-electron chi connectivity index (χ3n) is 4.53. The molecule has 0 saturated carbocycles. The van der Waals surface area contributed by atoms with E-state index in [2.05, 4.69) is 76.2 Å². The molecule has 3 heteroatoms. The van der Waals surface area contributed by atoms with Crippen molar-refractivity contribution in [3.63, 3.8) is 0 Å². The molecule has 3 rings (SSSR count). The smallest absolute Gasteiger partial charge is 0.400 e. The van der Waals surface area contributed by atoms with Crippen molar-refractivity contribution in [3.8, 4) is 0 Å². The summed E-state index contributed by atoms with van der Waals surface area (Å²) in [5.74, 6) is 2.00. The average Bonchev–Trinajstić information content (AvgIpc) is 2.64. The van der Waals surface area contributed by atoms with Gasteiger partial charge in [0.2, 0.25) is 0 Å². The van der Waals surface area contributed by atoms with Crippen molar-refractivity contribution in [1.82, 2.24) is 0 Å². The molecular formula is C18H21BO2. The molecule has 0 amide bonds. The third-order valence-corrected chi connectivity index (χ3v) is 4.53. The fourth-order valence-electron chi connectivity index (χ4n) is 2.55. The highest BCUT2D eigenvalue weighted by Gasteiger charge is 2.49. The van der Waals surface area contributed by atoms with Crippen molar-refractivity contribution in [1.29, 1.82) is 0 Å². The summed E-state index contributed by atoms with van der Waals surface area (Å²) < 4.78 is 12.0. The zero-order valence-corrected chi connectivity index (χ0v) is 13.1. The Balaban J connectivity index is 1.87. The van der Waals surface area contributed by atoms with Gasteiger partial charge in [0.05, 0.1) is 11.2 Å². The Hall–Kier alpha value is -1.58. The van der Waals surface area contributed by atoms with Gasteiger partial charge in [0.25, 0.3) is 0 Å². The maximum Gasteiger partial charge on any atom is 0.487 e. The molecule has 2 aromatic carbocycles. The van der Waals surface area contributed by atoms with Crippen LogP contribution in [0.3, 0.4) is 0 Å². The summed E-state index contributed by atoms with van der Waals surface area (Å²) >= 11 is 0. The van der Waals surface area contributed by atoms with Gasteiger partial charge < -0.3 is 9.31 Å². The molecular weight excluding hydrogens is 259 g/mol. The quantitative estimate of drug-likeness (QED) is 0.755. The second-order valence-corrected chi connectivity index (χ2v) is 6.55. The van der Waals surface area contributed by atoms with Gasteiger partial charge in [0.1, 0.15) is 0 Å². The molecule has 1 fully saturated rings. The van der Waals surface area contributed by atoms with E-state index in [1.807, 2.05) is 5.98 Å². The lowest BCUT2D eigenvalue weighted by Gasteiger charge is -2.32. The van der Waals surface area contributed by atoms with E-state index in [0.717, 1.165) is 0 Å². The number of rotatable bonds is 2. The molecule has 0 radical (unpaired) electrons. The van der Waals surface area contributed by atoms with Crippen molar-refractivity contribution in [2.45, 2.75) is 38.9 Å². The van der Waals surface area contributed by atoms with Crippen molar-refractivity contribution in [2.75, 3.05) is 0 Å². The molecule has 108 valence electrons. The number of fused-ring (bicyclic) bond motifs is 1. The molecule has 1 saturated heterocycles. The van der Waals surface area contributed by atoms with E-state index in [0.29, 0.717) is 0 Å². The molecule has 1 aliphatic rings. The molecule has 0 N–H and O–H groups in total. The summed E-state index contributed by atoms with van der Waals surface area (Å²) in [5, 5.41) is 2.49. The van der Waals surface area contributed by atoms with Gasteiger partial charge in [-0.3, -0.25) is 0 Å². The van der Waals surface area contributed by atoms with Gasteiger partial charge in [-0.15, -0.1) is 0 Å². The zero-order valence-electron chi connectivity index (χ0n) is 13.1. The second-order valence-electron chi connectivity index (χ2n) is 6.55. The Kier molecular flexibility index (Phi) is 3.43. The van der Waals surface area contributed by atoms with E-state index >= 15 is 0 Å². The van der Waals surface area contributed by atoms with Gasteiger partial charge >= 0.3 is 7.12 Å². The molecule has 0 atom stereocenters. The molecule has 1 aliphatic heterocycles. The molecule has 0 unspecified atom stereocenters. The largest absolute Gasteiger partial charge is 0.487 e. The van der Waals surface area contributed by atoms with Gasteiger partial charge in [-0.1, -0.05) is 54.5 Å². The molecule has 0 aromatic heterocycles. The van der Waals surface area contributed by atoms with Crippen LogP contribution in [0, 0.1) is 0 Å². The monoisotopic (exact) mass is 280 g/mol. The van der Waals surface area contributed by atoms with E-state index in [1.54, 1.807) is 0 Å². The highest BCUT2D eigenvalue weighted by atomic mass is 16.7. The molecule has 1 heterocycles. The van der Waals surface area contributed by atoms with Gasteiger partial charge in [0.15, 0.2) is 0 Å². The topological polar surface area (TPSA) is 18.5 Å². The van der Waals surface area contributed by atoms with Crippen molar-refractivity contribution in [2.24, 2.45) is 0 Å². The summed E-state index contributed by atoms with van der Waals surface area (Å²) in [6, 6.07) is 14.7. The van der Waals surface area contributed by atoms with Crippen LogP contribution in [0.15, 0.2) is 48.4 Å². The first-order valence-corrected chi connectivity index (χ1v) is 7.41. The van der Waals surface area contributed by atoms with E-state index in [4.69, 9.17) is 9.31 Å². The van der Waals surface area contributed by atoms with Crippen LogP contribution >= 0.6 is 0 Å². The lowest BCUT2D eigenvalue weighted by molar-refractivity contribution is 0.00578. The van der Waals surface area contributed by atoms with Crippen molar-refractivity contribution < 1.29 is 9.31 Å². The Bertz CT molecular complexity index is 667. The molecule has 0 aliphatic carbocycles. The Morgan fingerprint density at radius 3 is 2.19 bits per heavy atom. The lowest BCUT2D eigenvalue weighted by atomic mass is 9.88. The first-order chi connectivity index (χ1) is 9.89. The van der Waals surface area contributed by atoms with Gasteiger partial charge in [-0.05, 0) is 44.0 Å². The number of benzene rings is 2. The Morgan fingerprint density at radius 1 is 0.857 bits per heavy atom. The Morgan fingerprint density at radius 2 is 1.48 bits per heavy atom. The van der Waals surface area contributed by atoms with Crippen LogP contribution in [-0.2, 0) is 9.31 Å². The van der Waals surface area contributed by atoms with E-state index in [1.165, 1.54) is 16.3 Å². The van der Waals surface area contributed by atoms with Crippen LogP contribution in [0.1, 0.15) is 33.3 Å². The van der Waals surface area contributed by atoms with E-state index in [9.17, 15) is 0 Å². The lowest BCUT2D eigenvalue weighted by Crippen LogP contribution is -2.41. The van der Waals surface area contributed by atoms with Gasteiger partial charge in [-0.25, -0.2) is 0 Å². The van der Waals surface area contributed by atoms with Crippen LogP contribution in [0.25, 0.3) is 16.8 Å². The van der Waals surface area contributed by atoms with Crippen LogP contribution in [-0.4, -0.2) is 18.3 Å². The standard InChI is InChI=1S/C18H21BO2/c1-17(2)18(3,4)21-19(20-17)13-12-15-10-7-9-14-8-5-6-11-16(14)15/h5-13H,1-4H3. The SMILES string of the molecule is CC1(C)OB(C=Cc2cccc3ccccc23)OC1(C)C. The molecule has 2 nitrogen and oxygen atoms in total. The highest BCUT2D eigenvalue weighted by molar-refractivity contribution is 6.52. The Labute approximate surface area is 126 Å². The first kappa shape index (κ1) is 14.4. The van der Waals surface area contributed by atoms with Gasteiger partial charge in [-0.2, -0.15) is 0 Å². The van der Waals surface area contributed by atoms with Crippen LogP contribution in [0.5, 0.6) is 0 Å². The van der Waals surface area contributed by atoms with Crippen molar-refractivity contribution in [3.05, 3.63) is 54.0 Å². The minimum Gasteiger partial charge on any atom is -0.400 e. The highest BCUT2D eigenvalue weighted by Crippen LogP contribution is 2.37. The predicted molar refractivity (Wildman–Crippen MR) is 89.1 cm³/mol. The summed E-state index contributed by atoms with van der Waals surface area (Å²) in [5.41, 5.74) is 0.601. The maximum absolute atomic E-state index is 5.99. The zero-order chi connectivity index (χ0) is 15.1. The van der Waals surface area contributed by atoms with Crippen LogP contribution in [0.2, 0.25) is 0 Å².